The zero-order chi connectivity index (χ0) is 9.97. The first-order valence-corrected chi connectivity index (χ1v) is 6.11. The number of furan rings is 1. The van der Waals surface area contributed by atoms with Crippen LogP contribution in [0.3, 0.4) is 0 Å². The highest BCUT2D eigenvalue weighted by Gasteiger charge is 2.19. The molecule has 0 radical (unpaired) electrons. The highest BCUT2D eigenvalue weighted by molar-refractivity contribution is 7.99. The Kier molecular flexibility index (Phi) is 2.96. The molecule has 0 aromatic carbocycles. The summed E-state index contributed by atoms with van der Waals surface area (Å²) >= 11 is 2.00. The molecule has 1 aromatic rings. The Bertz CT molecular complexity index is 324. The zero-order valence-electron chi connectivity index (χ0n) is 8.29. The molecule has 0 atom stereocenters. The topological polar surface area (TPSA) is 30.2 Å². The molecular weight excluding hydrogens is 196 g/mol. The normalized spacial score (nSPS) is 18.4. The average molecular weight is 210 g/mol. The van der Waals surface area contributed by atoms with E-state index in [2.05, 4.69) is 0 Å². The van der Waals surface area contributed by atoms with Crippen molar-refractivity contribution in [2.45, 2.75) is 25.7 Å². The molecule has 0 bridgehead atoms. The van der Waals surface area contributed by atoms with Crippen LogP contribution in [0.15, 0.2) is 16.5 Å². The molecule has 1 saturated heterocycles. The van der Waals surface area contributed by atoms with Gasteiger partial charge >= 0.3 is 0 Å². The average Bonchev–Trinajstić information content (AvgIpc) is 2.68. The number of rotatable bonds is 2. The molecule has 0 saturated carbocycles. The first kappa shape index (κ1) is 9.84. The van der Waals surface area contributed by atoms with Gasteiger partial charge < -0.3 is 4.42 Å². The van der Waals surface area contributed by atoms with E-state index in [0.29, 0.717) is 11.7 Å². The van der Waals surface area contributed by atoms with Crippen LogP contribution in [0.5, 0.6) is 0 Å². The molecule has 0 unspecified atom stereocenters. The van der Waals surface area contributed by atoms with E-state index in [1.165, 1.54) is 24.3 Å². The first-order valence-electron chi connectivity index (χ1n) is 4.96. The molecule has 0 N–H and O–H groups in total. The van der Waals surface area contributed by atoms with E-state index in [4.69, 9.17) is 4.42 Å². The van der Waals surface area contributed by atoms with Crippen molar-refractivity contribution in [3.63, 3.8) is 0 Å². The minimum Gasteiger partial charge on any atom is -0.458 e. The molecule has 14 heavy (non-hydrogen) atoms. The second-order valence-electron chi connectivity index (χ2n) is 3.64. The molecule has 0 aliphatic carbocycles. The van der Waals surface area contributed by atoms with Gasteiger partial charge in [-0.15, -0.1) is 0 Å². The van der Waals surface area contributed by atoms with Gasteiger partial charge in [-0.3, -0.25) is 4.79 Å². The summed E-state index contributed by atoms with van der Waals surface area (Å²) in [6, 6.07) is 3.75. The van der Waals surface area contributed by atoms with Crippen LogP contribution >= 0.6 is 11.8 Å². The molecule has 3 heteroatoms. The molecule has 0 spiro atoms. The standard InChI is InChI=1S/C11H14O2S/c1-8(12)10-2-3-11(13-10)9-4-6-14-7-5-9/h2-3,9H,4-7H2,1H3. The van der Waals surface area contributed by atoms with Crippen molar-refractivity contribution in [1.82, 2.24) is 0 Å². The molecular formula is C11H14O2S. The number of carbonyl (C=O) groups is 1. The largest absolute Gasteiger partial charge is 0.458 e. The van der Waals surface area contributed by atoms with Crippen LogP contribution < -0.4 is 0 Å². The SMILES string of the molecule is CC(=O)c1ccc(C2CCSCC2)o1. The quantitative estimate of drug-likeness (QED) is 0.703. The lowest BCUT2D eigenvalue weighted by Gasteiger charge is -2.18. The Morgan fingerprint density at radius 3 is 2.71 bits per heavy atom. The minimum atomic E-state index is 0.0152. The molecule has 76 valence electrons. The maximum atomic E-state index is 11.0. The van der Waals surface area contributed by atoms with E-state index in [1.807, 2.05) is 17.8 Å². The van der Waals surface area contributed by atoms with Crippen LogP contribution in [0.4, 0.5) is 0 Å². The summed E-state index contributed by atoms with van der Waals surface area (Å²) in [7, 11) is 0. The van der Waals surface area contributed by atoms with Gasteiger partial charge in [-0.25, -0.2) is 0 Å². The van der Waals surface area contributed by atoms with Gasteiger partial charge in [0.2, 0.25) is 0 Å². The van der Waals surface area contributed by atoms with E-state index in [0.717, 1.165) is 5.76 Å². The lowest BCUT2D eigenvalue weighted by atomic mass is 10.0. The van der Waals surface area contributed by atoms with Crippen molar-refractivity contribution in [2.75, 3.05) is 11.5 Å². The molecule has 0 amide bonds. The second kappa shape index (κ2) is 4.22. The van der Waals surface area contributed by atoms with E-state index in [1.54, 1.807) is 13.0 Å². The van der Waals surface area contributed by atoms with Crippen LogP contribution in [-0.4, -0.2) is 17.3 Å². The first-order chi connectivity index (χ1) is 6.77. The van der Waals surface area contributed by atoms with Crippen molar-refractivity contribution < 1.29 is 9.21 Å². The van der Waals surface area contributed by atoms with Crippen LogP contribution in [-0.2, 0) is 0 Å². The van der Waals surface area contributed by atoms with Crippen molar-refractivity contribution in [2.24, 2.45) is 0 Å². The number of ketones is 1. The number of hydrogen-bond donors (Lipinski definition) is 0. The molecule has 1 aliphatic rings. The van der Waals surface area contributed by atoms with Crippen LogP contribution in [0, 0.1) is 0 Å². The number of thioether (sulfide) groups is 1. The second-order valence-corrected chi connectivity index (χ2v) is 4.87. The van der Waals surface area contributed by atoms with Gasteiger partial charge in [0.25, 0.3) is 0 Å². The van der Waals surface area contributed by atoms with Crippen molar-refractivity contribution in [3.8, 4) is 0 Å². The van der Waals surface area contributed by atoms with Crippen LogP contribution in [0.2, 0.25) is 0 Å². The maximum absolute atomic E-state index is 11.0. The molecule has 1 aromatic heterocycles. The Morgan fingerprint density at radius 1 is 1.43 bits per heavy atom. The molecule has 2 rings (SSSR count). The fraction of sp³-hybridized carbons (Fsp3) is 0.545. The Morgan fingerprint density at radius 2 is 2.14 bits per heavy atom. The van der Waals surface area contributed by atoms with E-state index >= 15 is 0 Å². The zero-order valence-corrected chi connectivity index (χ0v) is 9.10. The van der Waals surface area contributed by atoms with E-state index < -0.39 is 0 Å². The molecule has 2 nitrogen and oxygen atoms in total. The molecule has 2 heterocycles. The summed E-state index contributed by atoms with van der Waals surface area (Å²) in [5.41, 5.74) is 0. The lowest BCUT2D eigenvalue weighted by Crippen LogP contribution is -2.06. The predicted octanol–water partition coefficient (Wildman–Crippen LogP) is 3.09. The summed E-state index contributed by atoms with van der Waals surface area (Å²) in [5.74, 6) is 4.46. The fourth-order valence-electron chi connectivity index (χ4n) is 1.74. The minimum absolute atomic E-state index is 0.0152. The highest BCUT2D eigenvalue weighted by atomic mass is 32.2. The lowest BCUT2D eigenvalue weighted by molar-refractivity contribution is 0.0984. The maximum Gasteiger partial charge on any atom is 0.194 e. The van der Waals surface area contributed by atoms with Gasteiger partial charge in [-0.1, -0.05) is 0 Å². The van der Waals surface area contributed by atoms with Gasteiger partial charge in [-0.05, 0) is 36.5 Å². The monoisotopic (exact) mass is 210 g/mol. The summed E-state index contributed by atoms with van der Waals surface area (Å²) in [4.78, 5) is 11.0. The summed E-state index contributed by atoms with van der Waals surface area (Å²) in [6.45, 7) is 1.54. The summed E-state index contributed by atoms with van der Waals surface area (Å²) < 4.78 is 5.53. The molecule has 1 aliphatic heterocycles. The van der Waals surface area contributed by atoms with Gasteiger partial charge in [0.15, 0.2) is 11.5 Å². The Balaban J connectivity index is 2.11. The van der Waals surface area contributed by atoms with Crippen LogP contribution in [0.1, 0.15) is 42.0 Å². The van der Waals surface area contributed by atoms with Gasteiger partial charge in [-0.2, -0.15) is 11.8 Å². The van der Waals surface area contributed by atoms with Gasteiger partial charge in [0.1, 0.15) is 5.76 Å². The molecule has 1 fully saturated rings. The smallest absolute Gasteiger partial charge is 0.194 e. The third-order valence-corrected chi connectivity index (χ3v) is 3.65. The number of carbonyl (C=O) groups excluding carboxylic acids is 1. The Labute approximate surface area is 88.1 Å². The Hall–Kier alpha value is -0.700. The third-order valence-electron chi connectivity index (χ3n) is 2.60. The van der Waals surface area contributed by atoms with Crippen molar-refractivity contribution in [3.05, 3.63) is 23.7 Å². The van der Waals surface area contributed by atoms with Gasteiger partial charge in [0.05, 0.1) is 0 Å². The van der Waals surface area contributed by atoms with Crippen LogP contribution in [0.25, 0.3) is 0 Å². The summed E-state index contributed by atoms with van der Waals surface area (Å²) in [6.07, 6.45) is 2.35. The number of hydrogen-bond acceptors (Lipinski definition) is 3. The van der Waals surface area contributed by atoms with Crippen molar-refractivity contribution in [1.29, 1.82) is 0 Å². The van der Waals surface area contributed by atoms with Gasteiger partial charge in [0, 0.05) is 12.8 Å². The number of Topliss-reactive ketones (excluding diaryl/α,β-unsaturated/α-hetero) is 1. The predicted molar refractivity (Wildman–Crippen MR) is 58.0 cm³/mol. The van der Waals surface area contributed by atoms with Crippen molar-refractivity contribution >= 4 is 17.5 Å². The fourth-order valence-corrected chi connectivity index (χ4v) is 2.85. The third kappa shape index (κ3) is 2.03. The van der Waals surface area contributed by atoms with E-state index in [-0.39, 0.29) is 5.78 Å². The highest BCUT2D eigenvalue weighted by Crippen LogP contribution is 2.32. The summed E-state index contributed by atoms with van der Waals surface area (Å²) in [5, 5.41) is 0. The van der Waals surface area contributed by atoms with E-state index in [9.17, 15) is 4.79 Å².